The average molecular weight is 383 g/mol. The van der Waals surface area contributed by atoms with Crippen LogP contribution in [0.3, 0.4) is 0 Å². The van der Waals surface area contributed by atoms with Gasteiger partial charge in [-0.25, -0.2) is 0 Å². The third-order valence-electron chi connectivity index (χ3n) is 4.80. The monoisotopic (exact) mass is 383 g/mol. The van der Waals surface area contributed by atoms with Gasteiger partial charge < -0.3 is 5.73 Å². The summed E-state index contributed by atoms with van der Waals surface area (Å²) in [6.07, 6.45) is 12.5. The number of hydrogen-bond acceptors (Lipinski definition) is 1. The largest absolute Gasteiger partial charge is 0.325 e. The third kappa shape index (κ3) is 10.1. The average Bonchev–Trinajstić information content (AvgIpc) is 2.32. The highest BCUT2D eigenvalue weighted by molar-refractivity contribution is 14.0. The van der Waals surface area contributed by atoms with E-state index in [1.807, 2.05) is 0 Å². The Morgan fingerprint density at radius 2 is 1.26 bits per heavy atom. The van der Waals surface area contributed by atoms with E-state index in [-0.39, 0.29) is 29.5 Å². The quantitative estimate of drug-likeness (QED) is 0.336. The van der Waals surface area contributed by atoms with Crippen molar-refractivity contribution in [2.45, 2.75) is 97.9 Å². The maximum absolute atomic E-state index is 6.40. The molecule has 0 saturated heterocycles. The van der Waals surface area contributed by atoms with E-state index in [1.54, 1.807) is 0 Å². The molecule has 0 aromatic rings. The minimum absolute atomic E-state index is 0. The molecule has 0 aliphatic rings. The molecule has 2 unspecified atom stereocenters. The Labute approximate surface area is 139 Å². The van der Waals surface area contributed by atoms with Crippen molar-refractivity contribution in [1.29, 1.82) is 0 Å². The Hall–Kier alpha value is 0.690. The fourth-order valence-corrected chi connectivity index (χ4v) is 2.46. The van der Waals surface area contributed by atoms with Crippen LogP contribution in [0.2, 0.25) is 0 Å². The highest BCUT2D eigenvalue weighted by Crippen LogP contribution is 2.27. The number of unbranched alkanes of at least 4 members (excludes halogenated alkanes) is 7. The lowest BCUT2D eigenvalue weighted by Gasteiger charge is -2.35. The lowest BCUT2D eigenvalue weighted by molar-refractivity contribution is 0.219. The molecule has 0 spiro atoms. The second kappa shape index (κ2) is 12.4. The summed E-state index contributed by atoms with van der Waals surface area (Å²) in [7, 11) is 0. The minimum Gasteiger partial charge on any atom is -0.325 e. The molecular weight excluding hydrogens is 345 g/mol. The van der Waals surface area contributed by atoms with Gasteiger partial charge in [0.05, 0.1) is 0 Å². The second-order valence-electron chi connectivity index (χ2n) is 6.69. The predicted octanol–water partition coefficient (Wildman–Crippen LogP) is 6.14. The summed E-state index contributed by atoms with van der Waals surface area (Å²) in [5.74, 6) is 1.21. The number of rotatable bonds is 11. The fraction of sp³-hybridized carbons (Fsp3) is 1.00. The lowest BCUT2D eigenvalue weighted by Crippen LogP contribution is -2.47. The zero-order chi connectivity index (χ0) is 14.0. The fourth-order valence-electron chi connectivity index (χ4n) is 2.46. The predicted molar refractivity (Wildman–Crippen MR) is 99.2 cm³/mol. The highest BCUT2D eigenvalue weighted by atomic mass is 127. The van der Waals surface area contributed by atoms with Crippen molar-refractivity contribution in [1.82, 2.24) is 0 Å². The van der Waals surface area contributed by atoms with Gasteiger partial charge in [-0.2, -0.15) is 0 Å². The van der Waals surface area contributed by atoms with Gasteiger partial charge >= 0.3 is 0 Å². The molecule has 19 heavy (non-hydrogen) atoms. The summed E-state index contributed by atoms with van der Waals surface area (Å²) in [6, 6.07) is 0. The smallest absolute Gasteiger partial charge is 0.0174 e. The zero-order valence-corrected chi connectivity index (χ0v) is 16.3. The summed E-state index contributed by atoms with van der Waals surface area (Å²) < 4.78 is 0. The van der Waals surface area contributed by atoms with E-state index in [4.69, 9.17) is 5.73 Å². The molecule has 0 aromatic carbocycles. The first-order chi connectivity index (χ1) is 8.42. The summed E-state index contributed by atoms with van der Waals surface area (Å²) in [4.78, 5) is 0. The summed E-state index contributed by atoms with van der Waals surface area (Å²) in [6.45, 7) is 11.3. The Kier molecular flexibility index (Phi) is 14.4. The summed E-state index contributed by atoms with van der Waals surface area (Å²) in [5, 5.41) is 0. The van der Waals surface area contributed by atoms with Gasteiger partial charge in [-0.05, 0) is 25.2 Å². The number of halogens is 1. The third-order valence-corrected chi connectivity index (χ3v) is 4.80. The van der Waals surface area contributed by atoms with Crippen molar-refractivity contribution in [3.8, 4) is 0 Å². The molecule has 0 heterocycles. The maximum atomic E-state index is 6.40. The van der Waals surface area contributed by atoms with E-state index in [1.165, 1.54) is 57.8 Å². The van der Waals surface area contributed by atoms with Crippen molar-refractivity contribution in [3.05, 3.63) is 0 Å². The van der Waals surface area contributed by atoms with Crippen molar-refractivity contribution in [2.24, 2.45) is 17.6 Å². The van der Waals surface area contributed by atoms with Gasteiger partial charge in [0.2, 0.25) is 0 Å². The van der Waals surface area contributed by atoms with Crippen molar-refractivity contribution in [2.75, 3.05) is 0 Å². The van der Waals surface area contributed by atoms with Crippen LogP contribution in [0, 0.1) is 11.8 Å². The normalized spacial score (nSPS) is 15.9. The SMILES string of the molecule is CCCCCCCCCCC(C)C(C)(N)C(C)C.I. The maximum Gasteiger partial charge on any atom is 0.0174 e. The topological polar surface area (TPSA) is 26.0 Å². The van der Waals surface area contributed by atoms with Crippen LogP contribution in [0.4, 0.5) is 0 Å². The number of hydrogen-bond donors (Lipinski definition) is 1. The van der Waals surface area contributed by atoms with Gasteiger partial charge in [0.15, 0.2) is 0 Å². The molecule has 0 fully saturated rings. The van der Waals surface area contributed by atoms with Crippen LogP contribution < -0.4 is 5.73 Å². The van der Waals surface area contributed by atoms with Gasteiger partial charge in [0, 0.05) is 5.54 Å². The molecule has 2 atom stereocenters. The van der Waals surface area contributed by atoms with Crippen LogP contribution in [0.1, 0.15) is 92.4 Å². The summed E-state index contributed by atoms with van der Waals surface area (Å²) >= 11 is 0. The minimum atomic E-state index is 0. The van der Waals surface area contributed by atoms with Crippen LogP contribution in [-0.4, -0.2) is 5.54 Å². The van der Waals surface area contributed by atoms with E-state index >= 15 is 0 Å². The van der Waals surface area contributed by atoms with Crippen LogP contribution in [0.15, 0.2) is 0 Å². The van der Waals surface area contributed by atoms with Crippen LogP contribution in [0.5, 0.6) is 0 Å². The van der Waals surface area contributed by atoms with Gasteiger partial charge in [-0.3, -0.25) is 0 Å². The Morgan fingerprint density at radius 1 is 0.842 bits per heavy atom. The molecule has 1 nitrogen and oxygen atoms in total. The Bertz CT molecular complexity index is 190. The number of nitrogens with two attached hydrogens (primary N) is 1. The Balaban J connectivity index is 0. The van der Waals surface area contributed by atoms with Crippen LogP contribution >= 0.6 is 24.0 Å². The van der Waals surface area contributed by atoms with E-state index in [0.29, 0.717) is 11.8 Å². The first kappa shape index (κ1) is 22.0. The van der Waals surface area contributed by atoms with Gasteiger partial charge in [-0.15, -0.1) is 24.0 Å². The van der Waals surface area contributed by atoms with Gasteiger partial charge in [0.1, 0.15) is 0 Å². The molecule has 0 rings (SSSR count). The summed E-state index contributed by atoms with van der Waals surface area (Å²) in [5.41, 5.74) is 6.40. The van der Waals surface area contributed by atoms with Crippen LogP contribution in [-0.2, 0) is 0 Å². The first-order valence-corrected chi connectivity index (χ1v) is 8.21. The Morgan fingerprint density at radius 3 is 1.68 bits per heavy atom. The zero-order valence-electron chi connectivity index (χ0n) is 14.0. The van der Waals surface area contributed by atoms with Crippen molar-refractivity contribution in [3.63, 3.8) is 0 Å². The molecule has 0 aliphatic carbocycles. The standard InChI is InChI=1S/C17H37N.HI/c1-6-7-8-9-10-11-12-13-14-16(4)17(5,18)15(2)3;/h15-16H,6-14,18H2,1-5H3;1H. The molecule has 2 heteroatoms. The molecule has 0 aromatic heterocycles. The van der Waals surface area contributed by atoms with Gasteiger partial charge in [-0.1, -0.05) is 79.1 Å². The molecule has 2 N–H and O–H groups in total. The molecule has 0 saturated carbocycles. The molecule has 0 amide bonds. The second-order valence-corrected chi connectivity index (χ2v) is 6.69. The molecule has 118 valence electrons. The lowest BCUT2D eigenvalue weighted by atomic mass is 9.76. The van der Waals surface area contributed by atoms with E-state index in [9.17, 15) is 0 Å². The van der Waals surface area contributed by atoms with Gasteiger partial charge in [0.25, 0.3) is 0 Å². The van der Waals surface area contributed by atoms with Crippen molar-refractivity contribution >= 4 is 24.0 Å². The first-order valence-electron chi connectivity index (χ1n) is 8.21. The molecular formula is C17H38IN. The molecule has 0 bridgehead atoms. The van der Waals surface area contributed by atoms with E-state index in [2.05, 4.69) is 34.6 Å². The van der Waals surface area contributed by atoms with Crippen molar-refractivity contribution < 1.29 is 0 Å². The van der Waals surface area contributed by atoms with E-state index in [0.717, 1.165) is 0 Å². The van der Waals surface area contributed by atoms with E-state index < -0.39 is 0 Å². The highest BCUT2D eigenvalue weighted by Gasteiger charge is 2.29. The molecule has 0 radical (unpaired) electrons. The van der Waals surface area contributed by atoms with Crippen LogP contribution in [0.25, 0.3) is 0 Å². The molecule has 0 aliphatic heterocycles.